The third kappa shape index (κ3) is 4.35. The van der Waals surface area contributed by atoms with Gasteiger partial charge in [0.25, 0.3) is 0 Å². The molecule has 0 fully saturated rings. The van der Waals surface area contributed by atoms with Crippen molar-refractivity contribution in [3.05, 3.63) is 60.2 Å². The predicted octanol–water partition coefficient (Wildman–Crippen LogP) is 4.24. The minimum Gasteiger partial charge on any atom is -0.385 e. The maximum atomic E-state index is 10.9. The Labute approximate surface area is 138 Å². The topological polar surface area (TPSA) is 23.5 Å². The van der Waals surface area contributed by atoms with Crippen LogP contribution in [0.1, 0.15) is 19.4 Å². The molecule has 2 unspecified atom stereocenters. The lowest BCUT2D eigenvalue weighted by Gasteiger charge is -2.32. The Hall–Kier alpha value is -1.29. The molecule has 0 saturated carbocycles. The van der Waals surface area contributed by atoms with E-state index in [0.29, 0.717) is 0 Å². The molecule has 2 nitrogen and oxygen atoms in total. The molecule has 2 aromatic carbocycles. The van der Waals surface area contributed by atoms with Gasteiger partial charge in [-0.15, -0.1) is 0 Å². The molecule has 3 heteroatoms. The van der Waals surface area contributed by atoms with Crippen LogP contribution in [0.2, 0.25) is 0 Å². The van der Waals surface area contributed by atoms with E-state index in [2.05, 4.69) is 36.1 Å². The molecular weight excluding hydrogens is 290 g/mol. The summed E-state index contributed by atoms with van der Waals surface area (Å²) in [5, 5.41) is 10.9. The van der Waals surface area contributed by atoms with Gasteiger partial charge in [0.1, 0.15) is 0 Å². The second kappa shape index (κ2) is 7.32. The van der Waals surface area contributed by atoms with Gasteiger partial charge in [0.15, 0.2) is 0 Å². The van der Waals surface area contributed by atoms with Gasteiger partial charge >= 0.3 is 0 Å². The molecule has 0 amide bonds. The standard InChI is InChI=1S/C19H25NOS/c1-15(14-20(3)4)19(2,21)16-10-12-18(13-11-16)22-17-8-6-5-7-9-17/h5-13,15,21H,14H2,1-4H3. The highest BCUT2D eigenvalue weighted by Crippen LogP contribution is 2.33. The van der Waals surface area contributed by atoms with Crippen molar-refractivity contribution < 1.29 is 5.11 Å². The Bertz CT molecular complexity index is 578. The van der Waals surface area contributed by atoms with Gasteiger partial charge in [-0.3, -0.25) is 0 Å². The monoisotopic (exact) mass is 315 g/mol. The fourth-order valence-corrected chi connectivity index (χ4v) is 3.33. The number of nitrogens with zero attached hydrogens (tertiary/aromatic N) is 1. The maximum absolute atomic E-state index is 10.9. The second-order valence-corrected chi connectivity index (χ2v) is 7.40. The number of hydrogen-bond acceptors (Lipinski definition) is 3. The van der Waals surface area contributed by atoms with Crippen LogP contribution in [0, 0.1) is 5.92 Å². The largest absolute Gasteiger partial charge is 0.385 e. The first-order chi connectivity index (χ1) is 10.4. The Balaban J connectivity index is 2.11. The zero-order chi connectivity index (χ0) is 16.2. The zero-order valence-corrected chi connectivity index (χ0v) is 14.6. The normalized spacial score (nSPS) is 15.5. The summed E-state index contributed by atoms with van der Waals surface area (Å²) in [6.07, 6.45) is 0. The molecule has 0 aromatic heterocycles. The summed E-state index contributed by atoms with van der Waals surface area (Å²) in [6.45, 7) is 4.85. The van der Waals surface area contributed by atoms with Gasteiger partial charge in [-0.1, -0.05) is 49.0 Å². The van der Waals surface area contributed by atoms with Crippen LogP contribution in [0.3, 0.4) is 0 Å². The van der Waals surface area contributed by atoms with Crippen molar-refractivity contribution in [1.82, 2.24) is 4.90 Å². The number of aliphatic hydroxyl groups is 1. The van der Waals surface area contributed by atoms with E-state index in [1.807, 2.05) is 51.4 Å². The highest BCUT2D eigenvalue weighted by Gasteiger charge is 2.30. The first kappa shape index (κ1) is 17.1. The highest BCUT2D eigenvalue weighted by atomic mass is 32.2. The van der Waals surface area contributed by atoms with E-state index in [-0.39, 0.29) is 5.92 Å². The number of hydrogen-bond donors (Lipinski definition) is 1. The van der Waals surface area contributed by atoms with Crippen LogP contribution in [0.5, 0.6) is 0 Å². The lowest BCUT2D eigenvalue weighted by Crippen LogP contribution is -2.36. The van der Waals surface area contributed by atoms with Gasteiger partial charge in [-0.2, -0.15) is 0 Å². The summed E-state index contributed by atoms with van der Waals surface area (Å²) in [7, 11) is 4.07. The van der Waals surface area contributed by atoms with Crippen LogP contribution in [0.25, 0.3) is 0 Å². The zero-order valence-electron chi connectivity index (χ0n) is 13.8. The molecule has 22 heavy (non-hydrogen) atoms. The predicted molar refractivity (Wildman–Crippen MR) is 94.3 cm³/mol. The molecule has 0 spiro atoms. The van der Waals surface area contributed by atoms with Crippen LogP contribution >= 0.6 is 11.8 Å². The van der Waals surface area contributed by atoms with Crippen LogP contribution in [-0.2, 0) is 5.60 Å². The smallest absolute Gasteiger partial charge is 0.0906 e. The molecule has 1 N–H and O–H groups in total. The molecule has 2 atom stereocenters. The quantitative estimate of drug-likeness (QED) is 0.862. The molecule has 0 aliphatic rings. The Morgan fingerprint density at radius 3 is 2.09 bits per heavy atom. The third-order valence-corrected chi connectivity index (χ3v) is 5.03. The van der Waals surface area contributed by atoms with Gasteiger partial charge in [0.2, 0.25) is 0 Å². The Morgan fingerprint density at radius 2 is 1.55 bits per heavy atom. The van der Waals surface area contributed by atoms with E-state index in [4.69, 9.17) is 0 Å². The Morgan fingerprint density at radius 1 is 1.00 bits per heavy atom. The SMILES string of the molecule is CC(CN(C)C)C(C)(O)c1ccc(Sc2ccccc2)cc1. The molecular formula is C19H25NOS. The van der Waals surface area contributed by atoms with E-state index in [0.717, 1.165) is 12.1 Å². The van der Waals surface area contributed by atoms with Crippen LogP contribution in [0.15, 0.2) is 64.4 Å². The summed E-state index contributed by atoms with van der Waals surface area (Å²) >= 11 is 1.74. The fraction of sp³-hybridized carbons (Fsp3) is 0.368. The third-order valence-electron chi connectivity index (χ3n) is 4.02. The van der Waals surface area contributed by atoms with Crippen molar-refractivity contribution in [3.8, 4) is 0 Å². The van der Waals surface area contributed by atoms with Crippen LogP contribution < -0.4 is 0 Å². The molecule has 2 rings (SSSR count). The lowest BCUT2D eigenvalue weighted by molar-refractivity contribution is -0.00781. The van der Waals surface area contributed by atoms with Crippen molar-refractivity contribution in [3.63, 3.8) is 0 Å². The van der Waals surface area contributed by atoms with Crippen LogP contribution in [-0.4, -0.2) is 30.6 Å². The van der Waals surface area contributed by atoms with Crippen molar-refractivity contribution in [2.24, 2.45) is 5.92 Å². The van der Waals surface area contributed by atoms with Gasteiger partial charge in [0, 0.05) is 22.3 Å². The molecule has 2 aromatic rings. The minimum atomic E-state index is -0.819. The summed E-state index contributed by atoms with van der Waals surface area (Å²) in [5.74, 6) is 0.162. The maximum Gasteiger partial charge on any atom is 0.0906 e. The van der Waals surface area contributed by atoms with Crippen molar-refractivity contribution in [2.75, 3.05) is 20.6 Å². The van der Waals surface area contributed by atoms with Crippen LogP contribution in [0.4, 0.5) is 0 Å². The lowest BCUT2D eigenvalue weighted by atomic mass is 9.84. The summed E-state index contributed by atoms with van der Waals surface area (Å²) in [5.41, 5.74) is 0.152. The van der Waals surface area contributed by atoms with Gasteiger partial charge < -0.3 is 10.0 Å². The number of benzene rings is 2. The van der Waals surface area contributed by atoms with Crippen molar-refractivity contribution in [1.29, 1.82) is 0 Å². The van der Waals surface area contributed by atoms with E-state index >= 15 is 0 Å². The van der Waals surface area contributed by atoms with Crippen molar-refractivity contribution >= 4 is 11.8 Å². The first-order valence-corrected chi connectivity index (χ1v) is 8.42. The highest BCUT2D eigenvalue weighted by molar-refractivity contribution is 7.99. The Kier molecular flexibility index (Phi) is 5.68. The average Bonchev–Trinajstić information content (AvgIpc) is 2.48. The van der Waals surface area contributed by atoms with E-state index in [1.165, 1.54) is 9.79 Å². The molecule has 0 aliphatic heterocycles. The second-order valence-electron chi connectivity index (χ2n) is 6.25. The van der Waals surface area contributed by atoms with E-state index in [9.17, 15) is 5.11 Å². The number of rotatable bonds is 6. The summed E-state index contributed by atoms with van der Waals surface area (Å²) in [6, 6.07) is 18.6. The van der Waals surface area contributed by atoms with E-state index in [1.54, 1.807) is 11.8 Å². The molecule has 118 valence electrons. The average molecular weight is 315 g/mol. The molecule has 0 saturated heterocycles. The molecule has 0 radical (unpaired) electrons. The molecule has 0 aliphatic carbocycles. The van der Waals surface area contributed by atoms with Gasteiger partial charge in [-0.25, -0.2) is 0 Å². The van der Waals surface area contributed by atoms with Gasteiger partial charge in [-0.05, 0) is 50.8 Å². The van der Waals surface area contributed by atoms with Gasteiger partial charge in [0.05, 0.1) is 5.60 Å². The minimum absolute atomic E-state index is 0.162. The fourth-order valence-electron chi connectivity index (χ4n) is 2.50. The summed E-state index contributed by atoms with van der Waals surface area (Å²) in [4.78, 5) is 4.52. The van der Waals surface area contributed by atoms with Crippen molar-refractivity contribution in [2.45, 2.75) is 29.2 Å². The molecule has 0 bridgehead atoms. The summed E-state index contributed by atoms with van der Waals surface area (Å²) < 4.78 is 0. The first-order valence-electron chi connectivity index (χ1n) is 7.60. The molecule has 0 heterocycles. The van der Waals surface area contributed by atoms with E-state index < -0.39 is 5.60 Å².